The Kier molecular flexibility index (Phi) is 4.43. The van der Waals surface area contributed by atoms with Crippen LogP contribution >= 0.6 is 0 Å². The van der Waals surface area contributed by atoms with Gasteiger partial charge >= 0.3 is 0 Å². The van der Waals surface area contributed by atoms with E-state index >= 15 is 0 Å². The van der Waals surface area contributed by atoms with Gasteiger partial charge in [-0.2, -0.15) is 0 Å². The highest BCUT2D eigenvalue weighted by atomic mass is 16.6. The Morgan fingerprint density at radius 2 is 2.05 bits per heavy atom. The van der Waals surface area contributed by atoms with E-state index in [1.807, 2.05) is 0 Å². The molecule has 0 saturated heterocycles. The van der Waals surface area contributed by atoms with E-state index in [2.05, 4.69) is 11.9 Å². The zero-order valence-electron chi connectivity index (χ0n) is 11.4. The van der Waals surface area contributed by atoms with Gasteiger partial charge in [0.1, 0.15) is 0 Å². The van der Waals surface area contributed by atoms with Crippen LogP contribution in [0.1, 0.15) is 25.8 Å². The van der Waals surface area contributed by atoms with Gasteiger partial charge in [0.2, 0.25) is 5.91 Å². The number of nitro groups is 1. The second kappa shape index (κ2) is 5.65. The van der Waals surface area contributed by atoms with Crippen LogP contribution in [0.4, 0.5) is 5.69 Å². The van der Waals surface area contributed by atoms with E-state index in [0.29, 0.717) is 12.0 Å². The van der Waals surface area contributed by atoms with E-state index in [1.165, 1.54) is 13.1 Å². The molecule has 0 fully saturated rings. The lowest BCUT2D eigenvalue weighted by Crippen LogP contribution is -2.41. The Bertz CT molecular complexity index is 525. The molecule has 0 spiro atoms. The third kappa shape index (κ3) is 2.99. The van der Waals surface area contributed by atoms with Gasteiger partial charge in [0.15, 0.2) is 0 Å². The zero-order valence-corrected chi connectivity index (χ0v) is 11.4. The number of allylic oxidation sites excluding steroid dienone is 1. The van der Waals surface area contributed by atoms with Crippen molar-refractivity contribution >= 4 is 11.6 Å². The average Bonchev–Trinajstić information content (AvgIpc) is 2.36. The van der Waals surface area contributed by atoms with Gasteiger partial charge in [0.25, 0.3) is 5.69 Å². The lowest BCUT2D eigenvalue weighted by atomic mass is 9.76. The van der Waals surface area contributed by atoms with Crippen LogP contribution in [0.2, 0.25) is 0 Å². The number of carbonyl (C=O) groups excluding carboxylic acids is 1. The molecule has 1 aromatic carbocycles. The highest BCUT2D eigenvalue weighted by molar-refractivity contribution is 5.89. The second-order valence-electron chi connectivity index (χ2n) is 4.82. The van der Waals surface area contributed by atoms with Crippen molar-refractivity contribution in [3.05, 3.63) is 52.1 Å². The molecule has 102 valence electrons. The van der Waals surface area contributed by atoms with Crippen molar-refractivity contribution < 1.29 is 9.72 Å². The van der Waals surface area contributed by atoms with Crippen molar-refractivity contribution in [1.82, 2.24) is 5.32 Å². The molecular weight excluding hydrogens is 244 g/mol. The molecule has 0 bridgehead atoms. The third-order valence-corrected chi connectivity index (χ3v) is 3.08. The van der Waals surface area contributed by atoms with Crippen LogP contribution in [0.5, 0.6) is 0 Å². The standard InChI is InChI=1S/C14H18N2O3/c1-10(2)9-14(3,13(17)15-4)11-7-5-6-8-12(11)16(18)19/h5-8H,1,9H2,2-4H3,(H,15,17). The first-order valence-corrected chi connectivity index (χ1v) is 5.93. The second-order valence-corrected chi connectivity index (χ2v) is 4.82. The number of carbonyl (C=O) groups is 1. The van der Waals surface area contributed by atoms with Crippen LogP contribution in [0.3, 0.4) is 0 Å². The average molecular weight is 262 g/mol. The molecule has 1 aromatic rings. The predicted octanol–water partition coefficient (Wildman–Crippen LogP) is 2.56. The van der Waals surface area contributed by atoms with Gasteiger partial charge in [-0.1, -0.05) is 23.8 Å². The van der Waals surface area contributed by atoms with Gasteiger partial charge in [-0.05, 0) is 20.3 Å². The summed E-state index contributed by atoms with van der Waals surface area (Å²) in [4.78, 5) is 22.8. The fourth-order valence-electron chi connectivity index (χ4n) is 2.28. The number of para-hydroxylation sites is 1. The summed E-state index contributed by atoms with van der Waals surface area (Å²) in [5.41, 5.74) is 0.158. The Labute approximate surface area is 112 Å². The van der Waals surface area contributed by atoms with E-state index in [4.69, 9.17) is 0 Å². The van der Waals surface area contributed by atoms with Crippen molar-refractivity contribution in [3.63, 3.8) is 0 Å². The number of amides is 1. The van der Waals surface area contributed by atoms with Gasteiger partial charge in [0.05, 0.1) is 10.3 Å². The van der Waals surface area contributed by atoms with Crippen LogP contribution in [0.15, 0.2) is 36.4 Å². The number of nitrogens with zero attached hydrogens (tertiary/aromatic N) is 1. The number of nitro benzene ring substituents is 1. The third-order valence-electron chi connectivity index (χ3n) is 3.08. The van der Waals surface area contributed by atoms with E-state index in [0.717, 1.165) is 5.57 Å². The van der Waals surface area contributed by atoms with E-state index in [-0.39, 0.29) is 11.6 Å². The molecule has 1 rings (SSSR count). The number of nitrogens with one attached hydrogen (secondary N) is 1. The first kappa shape index (κ1) is 14.9. The Morgan fingerprint density at radius 3 is 2.53 bits per heavy atom. The molecule has 19 heavy (non-hydrogen) atoms. The largest absolute Gasteiger partial charge is 0.358 e. The minimum atomic E-state index is -0.996. The fraction of sp³-hybridized carbons (Fsp3) is 0.357. The predicted molar refractivity (Wildman–Crippen MR) is 73.9 cm³/mol. The van der Waals surface area contributed by atoms with E-state index < -0.39 is 10.3 Å². The SMILES string of the molecule is C=C(C)CC(C)(C(=O)NC)c1ccccc1[N+](=O)[O-]. The molecule has 0 aliphatic carbocycles. The van der Waals surface area contributed by atoms with Gasteiger partial charge in [-0.25, -0.2) is 0 Å². The molecule has 0 aliphatic rings. The maximum Gasteiger partial charge on any atom is 0.273 e. The molecule has 5 heteroatoms. The molecule has 1 N–H and O–H groups in total. The summed E-state index contributed by atoms with van der Waals surface area (Å²) < 4.78 is 0. The molecule has 0 aromatic heterocycles. The number of hydrogen-bond donors (Lipinski definition) is 1. The zero-order chi connectivity index (χ0) is 14.6. The molecule has 0 aliphatic heterocycles. The topological polar surface area (TPSA) is 72.2 Å². The summed E-state index contributed by atoms with van der Waals surface area (Å²) in [5, 5.41) is 13.7. The first-order chi connectivity index (χ1) is 8.82. The van der Waals surface area contributed by atoms with Gasteiger partial charge in [-0.3, -0.25) is 14.9 Å². The number of likely N-dealkylation sites (N-methyl/N-ethyl adjacent to an activating group) is 1. The normalized spacial score (nSPS) is 13.4. The smallest absolute Gasteiger partial charge is 0.273 e. The summed E-state index contributed by atoms with van der Waals surface area (Å²) in [6, 6.07) is 6.32. The molecule has 1 amide bonds. The number of hydrogen-bond acceptors (Lipinski definition) is 3. The maximum atomic E-state index is 12.2. The summed E-state index contributed by atoms with van der Waals surface area (Å²) in [5.74, 6) is -0.259. The minimum absolute atomic E-state index is 0.0464. The Balaban J connectivity index is 3.45. The quantitative estimate of drug-likeness (QED) is 0.503. The summed E-state index contributed by atoms with van der Waals surface area (Å²) in [6.07, 6.45) is 0.359. The summed E-state index contributed by atoms with van der Waals surface area (Å²) >= 11 is 0. The van der Waals surface area contributed by atoms with Crippen molar-refractivity contribution in [2.45, 2.75) is 25.7 Å². The minimum Gasteiger partial charge on any atom is -0.358 e. The highest BCUT2D eigenvalue weighted by Gasteiger charge is 2.39. The molecule has 0 heterocycles. The fourth-order valence-corrected chi connectivity index (χ4v) is 2.28. The van der Waals surface area contributed by atoms with Crippen molar-refractivity contribution in [2.75, 3.05) is 7.05 Å². The Hall–Kier alpha value is -2.17. The molecule has 0 saturated carbocycles. The van der Waals surface area contributed by atoms with E-state index in [1.54, 1.807) is 32.0 Å². The highest BCUT2D eigenvalue weighted by Crippen LogP contribution is 2.36. The Morgan fingerprint density at radius 1 is 1.47 bits per heavy atom. The van der Waals surface area contributed by atoms with Crippen molar-refractivity contribution in [3.8, 4) is 0 Å². The van der Waals surface area contributed by atoms with Gasteiger partial charge in [-0.15, -0.1) is 6.58 Å². The van der Waals surface area contributed by atoms with Crippen LogP contribution < -0.4 is 5.32 Å². The van der Waals surface area contributed by atoms with Crippen LogP contribution in [-0.4, -0.2) is 17.9 Å². The van der Waals surface area contributed by atoms with Crippen molar-refractivity contribution in [1.29, 1.82) is 0 Å². The molecule has 0 radical (unpaired) electrons. The van der Waals surface area contributed by atoms with Gasteiger partial charge < -0.3 is 5.32 Å². The lowest BCUT2D eigenvalue weighted by molar-refractivity contribution is -0.386. The molecule has 1 unspecified atom stereocenters. The molecule has 1 atom stereocenters. The number of rotatable bonds is 5. The van der Waals surface area contributed by atoms with Crippen LogP contribution in [0, 0.1) is 10.1 Å². The van der Waals surface area contributed by atoms with Crippen LogP contribution in [-0.2, 0) is 10.2 Å². The number of benzene rings is 1. The molecular formula is C14H18N2O3. The maximum absolute atomic E-state index is 12.2. The molecule has 5 nitrogen and oxygen atoms in total. The lowest BCUT2D eigenvalue weighted by Gasteiger charge is -2.28. The summed E-state index contributed by atoms with van der Waals surface area (Å²) in [6.45, 7) is 7.31. The summed E-state index contributed by atoms with van der Waals surface area (Å²) in [7, 11) is 1.52. The van der Waals surface area contributed by atoms with E-state index in [9.17, 15) is 14.9 Å². The first-order valence-electron chi connectivity index (χ1n) is 5.93. The van der Waals surface area contributed by atoms with Gasteiger partial charge in [0, 0.05) is 18.7 Å². The monoisotopic (exact) mass is 262 g/mol. The van der Waals surface area contributed by atoms with Crippen molar-refractivity contribution in [2.24, 2.45) is 0 Å². The van der Waals surface area contributed by atoms with Crippen LogP contribution in [0.25, 0.3) is 0 Å².